The van der Waals surface area contributed by atoms with Crippen LogP contribution in [-0.2, 0) is 4.79 Å². The van der Waals surface area contributed by atoms with Crippen molar-refractivity contribution >= 4 is 17.5 Å². The van der Waals surface area contributed by atoms with Crippen molar-refractivity contribution < 1.29 is 9.18 Å². The Morgan fingerprint density at radius 2 is 2.43 bits per heavy atom. The zero-order valence-electron chi connectivity index (χ0n) is 8.51. The fraction of sp³-hybridized carbons (Fsp3) is 0.900. The Kier molecular flexibility index (Phi) is 4.66. The average Bonchev–Trinajstić information content (AvgIpc) is 2.27. The molecule has 0 aromatic heterocycles. The maximum Gasteiger partial charge on any atom is 0.240 e. The van der Waals surface area contributed by atoms with Gasteiger partial charge >= 0.3 is 0 Å². The Labute approximate surface area is 89.4 Å². The third-order valence-corrected chi connectivity index (χ3v) is 3.17. The molecule has 0 aromatic rings. The van der Waals surface area contributed by atoms with E-state index in [1.54, 1.807) is 4.90 Å². The summed E-state index contributed by atoms with van der Waals surface area (Å²) in [5, 5.41) is -0.437. The Morgan fingerprint density at radius 3 is 3.00 bits per heavy atom. The molecule has 0 radical (unpaired) electrons. The van der Waals surface area contributed by atoms with Gasteiger partial charge in [-0.05, 0) is 19.3 Å². The Balaban J connectivity index is 2.47. The summed E-state index contributed by atoms with van der Waals surface area (Å²) in [4.78, 5) is 13.4. The summed E-state index contributed by atoms with van der Waals surface area (Å²) in [5.74, 6) is -0.0132. The molecule has 1 amide bonds. The first-order valence-electron chi connectivity index (χ1n) is 5.17. The molecule has 1 saturated heterocycles. The highest BCUT2D eigenvalue weighted by molar-refractivity contribution is 6.30. The summed E-state index contributed by atoms with van der Waals surface area (Å²) >= 11 is 5.86. The number of likely N-dealkylation sites (tertiary alicyclic amines) is 1. The van der Waals surface area contributed by atoms with Crippen LogP contribution in [0, 0.1) is 5.92 Å². The van der Waals surface area contributed by atoms with Crippen LogP contribution in [0.3, 0.4) is 0 Å². The molecule has 82 valence electrons. The topological polar surface area (TPSA) is 20.3 Å². The molecule has 0 unspecified atom stereocenters. The van der Waals surface area contributed by atoms with Crippen molar-refractivity contribution in [3.8, 4) is 0 Å². The maximum atomic E-state index is 12.4. The molecular formula is C10H17ClFNO. The molecule has 1 aliphatic rings. The Bertz CT molecular complexity index is 201. The minimum Gasteiger partial charge on any atom is -0.341 e. The van der Waals surface area contributed by atoms with Crippen LogP contribution in [0.4, 0.5) is 4.39 Å². The van der Waals surface area contributed by atoms with Crippen molar-refractivity contribution in [2.24, 2.45) is 5.92 Å². The standard InChI is InChI=1S/C10H17ClFNO/c1-2-9(11)10(14)13-5-3-4-8(6-12)7-13/h8-9H,2-7H2,1H3/t8-,9-/m0/s1. The lowest BCUT2D eigenvalue weighted by molar-refractivity contribution is -0.132. The highest BCUT2D eigenvalue weighted by atomic mass is 35.5. The van der Waals surface area contributed by atoms with Gasteiger partial charge < -0.3 is 4.90 Å². The van der Waals surface area contributed by atoms with Gasteiger partial charge in [0.05, 0.1) is 6.67 Å². The van der Waals surface area contributed by atoms with Crippen LogP contribution in [0.1, 0.15) is 26.2 Å². The third kappa shape index (κ3) is 2.84. The van der Waals surface area contributed by atoms with E-state index in [1.165, 1.54) is 0 Å². The number of hydrogen-bond donors (Lipinski definition) is 0. The van der Waals surface area contributed by atoms with E-state index >= 15 is 0 Å². The molecule has 1 heterocycles. The fourth-order valence-corrected chi connectivity index (χ4v) is 1.90. The quantitative estimate of drug-likeness (QED) is 0.670. The van der Waals surface area contributed by atoms with E-state index in [-0.39, 0.29) is 18.5 Å². The highest BCUT2D eigenvalue weighted by Crippen LogP contribution is 2.19. The summed E-state index contributed by atoms with van der Waals surface area (Å²) in [6, 6.07) is 0. The number of hydrogen-bond acceptors (Lipinski definition) is 1. The first kappa shape index (κ1) is 11.8. The van der Waals surface area contributed by atoms with Crippen molar-refractivity contribution in [3.63, 3.8) is 0 Å². The van der Waals surface area contributed by atoms with Gasteiger partial charge in [0, 0.05) is 19.0 Å². The number of alkyl halides is 2. The molecule has 2 atom stereocenters. The van der Waals surface area contributed by atoms with E-state index in [1.807, 2.05) is 6.92 Å². The van der Waals surface area contributed by atoms with Crippen LogP contribution in [-0.4, -0.2) is 35.9 Å². The van der Waals surface area contributed by atoms with E-state index in [0.29, 0.717) is 13.0 Å². The lowest BCUT2D eigenvalue weighted by atomic mass is 9.99. The molecule has 4 heteroatoms. The molecule has 1 aliphatic heterocycles. The van der Waals surface area contributed by atoms with E-state index < -0.39 is 5.38 Å². The second kappa shape index (κ2) is 5.54. The summed E-state index contributed by atoms with van der Waals surface area (Å²) in [6.07, 6.45) is 2.42. The normalized spacial score (nSPS) is 24.8. The van der Waals surface area contributed by atoms with Crippen LogP contribution < -0.4 is 0 Å². The van der Waals surface area contributed by atoms with Gasteiger partial charge in [0.25, 0.3) is 0 Å². The number of carbonyl (C=O) groups is 1. The van der Waals surface area contributed by atoms with Gasteiger partial charge in [-0.15, -0.1) is 11.6 Å². The first-order chi connectivity index (χ1) is 6.69. The molecule has 0 aromatic carbocycles. The zero-order chi connectivity index (χ0) is 10.6. The first-order valence-corrected chi connectivity index (χ1v) is 5.61. The second-order valence-electron chi connectivity index (χ2n) is 3.82. The second-order valence-corrected chi connectivity index (χ2v) is 4.35. The third-order valence-electron chi connectivity index (χ3n) is 2.68. The van der Waals surface area contributed by atoms with Crippen LogP contribution in [0.5, 0.6) is 0 Å². The molecule has 2 nitrogen and oxygen atoms in total. The predicted molar refractivity (Wildman–Crippen MR) is 55.2 cm³/mol. The number of rotatable bonds is 3. The minimum absolute atomic E-state index is 0.0217. The zero-order valence-corrected chi connectivity index (χ0v) is 9.26. The van der Waals surface area contributed by atoms with Crippen molar-refractivity contribution in [2.45, 2.75) is 31.6 Å². The Morgan fingerprint density at radius 1 is 1.71 bits per heavy atom. The number of carbonyl (C=O) groups excluding carboxylic acids is 1. The summed E-state index contributed by atoms with van der Waals surface area (Å²) in [7, 11) is 0. The lowest BCUT2D eigenvalue weighted by Gasteiger charge is -2.32. The van der Waals surface area contributed by atoms with Gasteiger partial charge in [0.15, 0.2) is 0 Å². The highest BCUT2D eigenvalue weighted by Gasteiger charge is 2.26. The molecule has 1 rings (SSSR count). The summed E-state index contributed by atoms with van der Waals surface area (Å²) < 4.78 is 12.4. The van der Waals surface area contributed by atoms with Gasteiger partial charge in [-0.1, -0.05) is 6.92 Å². The van der Waals surface area contributed by atoms with Crippen LogP contribution >= 0.6 is 11.6 Å². The molecule has 0 N–H and O–H groups in total. The average molecular weight is 222 g/mol. The van der Waals surface area contributed by atoms with Crippen molar-refractivity contribution in [1.29, 1.82) is 0 Å². The van der Waals surface area contributed by atoms with E-state index in [4.69, 9.17) is 11.6 Å². The number of halogens is 2. The predicted octanol–water partition coefficient (Wildman–Crippen LogP) is 2.21. The number of amides is 1. The van der Waals surface area contributed by atoms with Gasteiger partial charge in [0.2, 0.25) is 5.91 Å². The molecule has 14 heavy (non-hydrogen) atoms. The maximum absolute atomic E-state index is 12.4. The molecule has 1 fully saturated rings. The molecule has 0 aliphatic carbocycles. The van der Waals surface area contributed by atoms with Crippen LogP contribution in [0.2, 0.25) is 0 Å². The monoisotopic (exact) mass is 221 g/mol. The Hall–Kier alpha value is -0.310. The smallest absolute Gasteiger partial charge is 0.240 e. The lowest BCUT2D eigenvalue weighted by Crippen LogP contribution is -2.43. The van der Waals surface area contributed by atoms with Gasteiger partial charge in [-0.25, -0.2) is 0 Å². The molecule has 0 spiro atoms. The largest absolute Gasteiger partial charge is 0.341 e. The van der Waals surface area contributed by atoms with Gasteiger partial charge in [-0.3, -0.25) is 9.18 Å². The molecule has 0 bridgehead atoms. The van der Waals surface area contributed by atoms with E-state index in [2.05, 4.69) is 0 Å². The van der Waals surface area contributed by atoms with E-state index in [0.717, 1.165) is 19.4 Å². The molecular weight excluding hydrogens is 205 g/mol. The minimum atomic E-state index is -0.437. The van der Waals surface area contributed by atoms with Gasteiger partial charge in [-0.2, -0.15) is 0 Å². The number of nitrogens with zero attached hydrogens (tertiary/aromatic N) is 1. The van der Waals surface area contributed by atoms with Crippen LogP contribution in [0.15, 0.2) is 0 Å². The van der Waals surface area contributed by atoms with Gasteiger partial charge in [0.1, 0.15) is 5.38 Å². The number of piperidine rings is 1. The van der Waals surface area contributed by atoms with Crippen molar-refractivity contribution in [1.82, 2.24) is 4.90 Å². The van der Waals surface area contributed by atoms with Crippen LogP contribution in [0.25, 0.3) is 0 Å². The van der Waals surface area contributed by atoms with Crippen molar-refractivity contribution in [3.05, 3.63) is 0 Å². The summed E-state index contributed by atoms with van der Waals surface area (Å²) in [6.45, 7) is 2.83. The summed E-state index contributed by atoms with van der Waals surface area (Å²) in [5.41, 5.74) is 0. The SMILES string of the molecule is CC[C@H](Cl)C(=O)N1CCC[C@@H](CF)C1. The van der Waals surface area contributed by atoms with Crippen molar-refractivity contribution in [2.75, 3.05) is 19.8 Å². The fourth-order valence-electron chi connectivity index (χ4n) is 1.76. The van der Waals surface area contributed by atoms with E-state index in [9.17, 15) is 9.18 Å². The molecule has 0 saturated carbocycles.